The fourth-order valence-electron chi connectivity index (χ4n) is 1.51. The summed E-state index contributed by atoms with van der Waals surface area (Å²) in [6.07, 6.45) is 0.287. The lowest BCUT2D eigenvalue weighted by Gasteiger charge is -2.20. The van der Waals surface area contributed by atoms with Crippen LogP contribution in [0.3, 0.4) is 0 Å². The Morgan fingerprint density at radius 2 is 2.36 bits per heavy atom. The third-order valence-corrected chi connectivity index (χ3v) is 2.24. The van der Waals surface area contributed by atoms with Crippen LogP contribution in [-0.4, -0.2) is 5.91 Å². The lowest BCUT2D eigenvalue weighted by atomic mass is 9.94. The van der Waals surface area contributed by atoms with Crippen LogP contribution in [0.4, 0.5) is 10.1 Å². The highest BCUT2D eigenvalue weighted by Gasteiger charge is 2.27. The number of anilines is 1. The molecule has 70 valence electrons. The number of para-hydroxylation sites is 1. The first kappa shape index (κ1) is 8.70. The summed E-state index contributed by atoms with van der Waals surface area (Å²) in [5.74, 6) is -1.58. The van der Waals surface area contributed by atoms with Crippen LogP contribution in [0, 0.1) is 23.1 Å². The molecule has 1 aliphatic rings. The van der Waals surface area contributed by atoms with Crippen molar-refractivity contribution in [3.63, 3.8) is 0 Å². The van der Waals surface area contributed by atoms with Gasteiger partial charge in [-0.1, -0.05) is 12.1 Å². The van der Waals surface area contributed by atoms with E-state index in [1.54, 1.807) is 12.1 Å². The number of fused-ring (bicyclic) bond motifs is 1. The molecule has 1 unspecified atom stereocenters. The second-order valence-corrected chi connectivity index (χ2v) is 3.15. The van der Waals surface area contributed by atoms with Gasteiger partial charge in [-0.3, -0.25) is 4.79 Å². The number of benzene rings is 1. The lowest BCUT2D eigenvalue weighted by Crippen LogP contribution is -2.29. The average molecular weight is 190 g/mol. The van der Waals surface area contributed by atoms with Crippen LogP contribution in [0.15, 0.2) is 18.2 Å². The Kier molecular flexibility index (Phi) is 1.93. The molecule has 1 atom stereocenters. The standard InChI is InChI=1S/C10H7FN2O/c11-8-3-1-2-6-4-7(5-12)10(14)13-9(6)8/h1-3,7H,4H2,(H,13,14). The molecule has 1 aromatic rings. The molecule has 4 heteroatoms. The molecule has 0 aromatic heterocycles. The Labute approximate surface area is 80.2 Å². The summed E-state index contributed by atoms with van der Waals surface area (Å²) in [5, 5.41) is 11.0. The second kappa shape index (κ2) is 3.11. The molecular weight excluding hydrogens is 183 g/mol. The molecule has 1 N–H and O–H groups in total. The van der Waals surface area contributed by atoms with Gasteiger partial charge in [0.2, 0.25) is 5.91 Å². The van der Waals surface area contributed by atoms with E-state index in [2.05, 4.69) is 5.32 Å². The monoisotopic (exact) mass is 190 g/mol. The maximum atomic E-state index is 13.2. The molecule has 1 aromatic carbocycles. The third kappa shape index (κ3) is 1.23. The van der Waals surface area contributed by atoms with Crippen LogP contribution in [-0.2, 0) is 11.2 Å². The van der Waals surface area contributed by atoms with Crippen molar-refractivity contribution in [3.8, 4) is 6.07 Å². The maximum Gasteiger partial charge on any atom is 0.242 e. The fraction of sp³-hybridized carbons (Fsp3) is 0.200. The van der Waals surface area contributed by atoms with E-state index in [0.717, 1.165) is 0 Å². The fourth-order valence-corrected chi connectivity index (χ4v) is 1.51. The zero-order valence-corrected chi connectivity index (χ0v) is 7.25. The summed E-state index contributed by atoms with van der Waals surface area (Å²) < 4.78 is 13.2. The second-order valence-electron chi connectivity index (χ2n) is 3.15. The topological polar surface area (TPSA) is 52.9 Å². The normalized spacial score (nSPS) is 19.4. The van der Waals surface area contributed by atoms with E-state index in [1.807, 2.05) is 6.07 Å². The van der Waals surface area contributed by atoms with Crippen LogP contribution < -0.4 is 5.32 Å². The van der Waals surface area contributed by atoms with E-state index in [4.69, 9.17) is 5.26 Å². The summed E-state index contributed by atoms with van der Waals surface area (Å²) in [4.78, 5) is 11.2. The Balaban J connectivity index is 2.46. The molecule has 0 fully saturated rings. The number of hydrogen-bond donors (Lipinski definition) is 1. The first-order valence-electron chi connectivity index (χ1n) is 4.20. The SMILES string of the molecule is N#CC1Cc2cccc(F)c2NC1=O. The summed E-state index contributed by atoms with van der Waals surface area (Å²) in [5.41, 5.74) is 0.889. The molecule has 1 heterocycles. The first-order chi connectivity index (χ1) is 6.72. The molecule has 1 amide bonds. The first-order valence-corrected chi connectivity index (χ1v) is 4.20. The molecule has 0 radical (unpaired) electrons. The van der Waals surface area contributed by atoms with Gasteiger partial charge in [0.05, 0.1) is 11.8 Å². The summed E-state index contributed by atoms with van der Waals surface area (Å²) in [7, 11) is 0. The molecular formula is C10H7FN2O. The van der Waals surface area contributed by atoms with Gasteiger partial charge in [0.15, 0.2) is 0 Å². The van der Waals surface area contributed by atoms with Crippen molar-refractivity contribution < 1.29 is 9.18 Å². The molecule has 0 saturated carbocycles. The molecule has 1 aliphatic heterocycles. The highest BCUT2D eigenvalue weighted by molar-refractivity contribution is 5.97. The van der Waals surface area contributed by atoms with E-state index < -0.39 is 17.6 Å². The largest absolute Gasteiger partial charge is 0.322 e. The van der Waals surface area contributed by atoms with Crippen LogP contribution in [0.5, 0.6) is 0 Å². The number of nitrogens with one attached hydrogen (secondary N) is 1. The van der Waals surface area contributed by atoms with Gasteiger partial charge in [-0.15, -0.1) is 0 Å². The zero-order chi connectivity index (χ0) is 10.1. The van der Waals surface area contributed by atoms with Crippen molar-refractivity contribution in [2.75, 3.05) is 5.32 Å². The van der Waals surface area contributed by atoms with Crippen molar-refractivity contribution in [1.82, 2.24) is 0 Å². The molecule has 0 aliphatic carbocycles. The number of halogens is 1. The lowest BCUT2D eigenvalue weighted by molar-refractivity contribution is -0.118. The van der Waals surface area contributed by atoms with Crippen molar-refractivity contribution in [2.24, 2.45) is 5.92 Å². The van der Waals surface area contributed by atoms with E-state index in [1.165, 1.54) is 6.07 Å². The Morgan fingerprint density at radius 3 is 3.07 bits per heavy atom. The van der Waals surface area contributed by atoms with Gasteiger partial charge < -0.3 is 5.32 Å². The zero-order valence-electron chi connectivity index (χ0n) is 7.25. The van der Waals surface area contributed by atoms with Gasteiger partial charge in [0, 0.05) is 0 Å². The molecule has 2 rings (SSSR count). The minimum Gasteiger partial charge on any atom is -0.322 e. The van der Waals surface area contributed by atoms with Crippen molar-refractivity contribution >= 4 is 11.6 Å². The Hall–Kier alpha value is -1.89. The summed E-state index contributed by atoms with van der Waals surface area (Å²) in [6.45, 7) is 0. The number of nitrogens with zero attached hydrogens (tertiary/aromatic N) is 1. The highest BCUT2D eigenvalue weighted by atomic mass is 19.1. The predicted octanol–water partition coefficient (Wildman–Crippen LogP) is 1.46. The van der Waals surface area contributed by atoms with Gasteiger partial charge >= 0.3 is 0 Å². The minimum absolute atomic E-state index is 0.212. The third-order valence-electron chi connectivity index (χ3n) is 2.24. The number of nitriles is 1. The van der Waals surface area contributed by atoms with Gasteiger partial charge in [0.1, 0.15) is 11.7 Å². The van der Waals surface area contributed by atoms with Crippen LogP contribution in [0.2, 0.25) is 0 Å². The smallest absolute Gasteiger partial charge is 0.242 e. The maximum absolute atomic E-state index is 13.2. The van der Waals surface area contributed by atoms with Crippen molar-refractivity contribution in [3.05, 3.63) is 29.6 Å². The van der Waals surface area contributed by atoms with Gasteiger partial charge in [-0.2, -0.15) is 5.26 Å². The van der Waals surface area contributed by atoms with E-state index >= 15 is 0 Å². The van der Waals surface area contributed by atoms with E-state index in [9.17, 15) is 9.18 Å². The van der Waals surface area contributed by atoms with Gasteiger partial charge in [-0.25, -0.2) is 4.39 Å². The Morgan fingerprint density at radius 1 is 1.57 bits per heavy atom. The summed E-state index contributed by atoms with van der Waals surface area (Å²) >= 11 is 0. The van der Waals surface area contributed by atoms with Gasteiger partial charge in [0.25, 0.3) is 0 Å². The van der Waals surface area contributed by atoms with E-state index in [0.29, 0.717) is 5.56 Å². The molecule has 0 saturated heterocycles. The van der Waals surface area contributed by atoms with Crippen molar-refractivity contribution in [2.45, 2.75) is 6.42 Å². The van der Waals surface area contributed by atoms with Gasteiger partial charge in [-0.05, 0) is 18.1 Å². The van der Waals surface area contributed by atoms with Crippen molar-refractivity contribution in [1.29, 1.82) is 5.26 Å². The number of carbonyl (C=O) groups is 1. The predicted molar refractivity (Wildman–Crippen MR) is 47.8 cm³/mol. The summed E-state index contributed by atoms with van der Waals surface area (Å²) in [6, 6.07) is 6.44. The molecule has 3 nitrogen and oxygen atoms in total. The number of rotatable bonds is 0. The van der Waals surface area contributed by atoms with E-state index in [-0.39, 0.29) is 12.1 Å². The van der Waals surface area contributed by atoms with Crippen LogP contribution >= 0.6 is 0 Å². The Bertz CT molecular complexity index is 436. The average Bonchev–Trinajstić information content (AvgIpc) is 2.19. The van der Waals surface area contributed by atoms with Crippen LogP contribution in [0.25, 0.3) is 0 Å². The number of hydrogen-bond acceptors (Lipinski definition) is 2. The quantitative estimate of drug-likeness (QED) is 0.673. The molecule has 14 heavy (non-hydrogen) atoms. The molecule has 0 bridgehead atoms. The number of carbonyl (C=O) groups excluding carboxylic acids is 1. The molecule has 0 spiro atoms. The minimum atomic E-state index is -0.704. The van der Waals surface area contributed by atoms with Crippen LogP contribution in [0.1, 0.15) is 5.56 Å². The highest BCUT2D eigenvalue weighted by Crippen LogP contribution is 2.27. The number of amides is 1.